The molecule has 114 valence electrons. The molecule has 0 bridgehead atoms. The number of hydrogen-bond donors (Lipinski definition) is 1. The van der Waals surface area contributed by atoms with Gasteiger partial charge in [0.15, 0.2) is 0 Å². The summed E-state index contributed by atoms with van der Waals surface area (Å²) in [4.78, 5) is 2.55. The number of nitrogens with one attached hydrogen (secondary N) is 1. The third-order valence-electron chi connectivity index (χ3n) is 4.15. The van der Waals surface area contributed by atoms with Crippen molar-refractivity contribution in [3.05, 3.63) is 34.3 Å². The molecule has 0 amide bonds. The van der Waals surface area contributed by atoms with E-state index < -0.39 is 0 Å². The van der Waals surface area contributed by atoms with E-state index >= 15 is 0 Å². The van der Waals surface area contributed by atoms with Gasteiger partial charge in [-0.3, -0.25) is 4.90 Å². The van der Waals surface area contributed by atoms with Crippen LogP contribution >= 0.6 is 24.0 Å². The number of rotatable bonds is 5. The maximum Gasteiger partial charge on any atom is 0.0438 e. The zero-order chi connectivity index (χ0) is 13.7. The number of likely N-dealkylation sites (tertiary alicyclic amines) is 1. The molecular weight excluding hydrogens is 291 g/mol. The number of piperidine rings is 1. The average molecular weight is 317 g/mol. The van der Waals surface area contributed by atoms with E-state index in [9.17, 15) is 0 Å². The Bertz CT molecular complexity index is 401. The van der Waals surface area contributed by atoms with Crippen LogP contribution in [0.15, 0.2) is 18.2 Å². The molecular formula is C16H26Cl2N2. The lowest BCUT2D eigenvalue weighted by molar-refractivity contribution is 0.172. The molecule has 0 spiro atoms. The predicted octanol–water partition coefficient (Wildman–Crippen LogP) is 3.89. The Hall–Kier alpha value is -0.280. The normalized spacial score (nSPS) is 16.9. The van der Waals surface area contributed by atoms with Gasteiger partial charge in [-0.05, 0) is 76.0 Å². The third kappa shape index (κ3) is 5.25. The Labute approximate surface area is 134 Å². The van der Waals surface area contributed by atoms with E-state index in [4.69, 9.17) is 11.6 Å². The number of nitrogens with zero attached hydrogens (tertiary/aromatic N) is 1. The minimum Gasteiger partial charge on any atom is -0.320 e. The highest BCUT2D eigenvalue weighted by Crippen LogP contribution is 2.23. The first-order valence-corrected chi connectivity index (χ1v) is 7.69. The van der Waals surface area contributed by atoms with Crippen molar-refractivity contribution in [3.63, 3.8) is 0 Å². The molecule has 1 aliphatic heterocycles. The van der Waals surface area contributed by atoms with Crippen molar-refractivity contribution in [1.82, 2.24) is 10.2 Å². The van der Waals surface area contributed by atoms with Crippen molar-refractivity contribution in [3.8, 4) is 0 Å². The lowest BCUT2D eigenvalue weighted by Gasteiger charge is -2.32. The molecule has 2 nitrogen and oxygen atoms in total. The Morgan fingerprint density at radius 2 is 2.00 bits per heavy atom. The van der Waals surface area contributed by atoms with Crippen LogP contribution in [0, 0.1) is 12.8 Å². The first-order valence-electron chi connectivity index (χ1n) is 7.31. The molecule has 1 heterocycles. The largest absolute Gasteiger partial charge is 0.320 e. The topological polar surface area (TPSA) is 15.3 Å². The fourth-order valence-electron chi connectivity index (χ4n) is 2.77. The van der Waals surface area contributed by atoms with Gasteiger partial charge in [-0.1, -0.05) is 23.7 Å². The molecule has 0 aromatic heterocycles. The standard InChI is InChI=1S/C16H25ClN2.ClH/c1-13-3-4-15(11-16(13)17)12-19-9-6-14(7-10-19)5-8-18-2;/h3-4,11,14,18H,5-10,12H2,1-2H3;1H. The van der Waals surface area contributed by atoms with Gasteiger partial charge in [-0.15, -0.1) is 12.4 Å². The summed E-state index contributed by atoms with van der Waals surface area (Å²) in [5.41, 5.74) is 2.50. The number of halogens is 2. The van der Waals surface area contributed by atoms with Gasteiger partial charge < -0.3 is 5.32 Å². The van der Waals surface area contributed by atoms with Crippen LogP contribution in [0.25, 0.3) is 0 Å². The summed E-state index contributed by atoms with van der Waals surface area (Å²) in [6, 6.07) is 6.44. The fourth-order valence-corrected chi connectivity index (χ4v) is 2.98. The van der Waals surface area contributed by atoms with Gasteiger partial charge in [0.1, 0.15) is 0 Å². The average Bonchev–Trinajstić information content (AvgIpc) is 2.42. The van der Waals surface area contributed by atoms with E-state index in [1.165, 1.54) is 37.9 Å². The summed E-state index contributed by atoms with van der Waals surface area (Å²) in [7, 11) is 2.04. The van der Waals surface area contributed by atoms with Crippen molar-refractivity contribution in [2.75, 3.05) is 26.7 Å². The molecule has 1 fully saturated rings. The summed E-state index contributed by atoms with van der Waals surface area (Å²) in [6.45, 7) is 6.69. The number of benzene rings is 1. The Balaban J connectivity index is 0.00000200. The second kappa shape index (κ2) is 8.89. The number of aryl methyl sites for hydroxylation is 1. The summed E-state index contributed by atoms with van der Waals surface area (Å²) < 4.78 is 0. The van der Waals surface area contributed by atoms with E-state index in [0.29, 0.717) is 0 Å². The SMILES string of the molecule is CNCCC1CCN(Cc2ccc(C)c(Cl)c2)CC1.Cl. The molecule has 1 aromatic rings. The van der Waals surface area contributed by atoms with Crippen LogP contribution in [0.5, 0.6) is 0 Å². The quantitative estimate of drug-likeness (QED) is 0.886. The lowest BCUT2D eigenvalue weighted by Crippen LogP contribution is -2.34. The summed E-state index contributed by atoms with van der Waals surface area (Å²) in [5, 5.41) is 4.14. The van der Waals surface area contributed by atoms with E-state index in [2.05, 4.69) is 35.3 Å². The second-order valence-electron chi connectivity index (χ2n) is 5.70. The molecule has 20 heavy (non-hydrogen) atoms. The maximum atomic E-state index is 6.19. The summed E-state index contributed by atoms with van der Waals surface area (Å²) >= 11 is 6.19. The second-order valence-corrected chi connectivity index (χ2v) is 6.10. The van der Waals surface area contributed by atoms with E-state index in [1.54, 1.807) is 0 Å². The van der Waals surface area contributed by atoms with Crippen LogP contribution in [0.4, 0.5) is 0 Å². The minimum atomic E-state index is 0. The molecule has 1 N–H and O–H groups in total. The Morgan fingerprint density at radius 3 is 2.60 bits per heavy atom. The van der Waals surface area contributed by atoms with Crippen LogP contribution in [0.3, 0.4) is 0 Å². The van der Waals surface area contributed by atoms with Crippen molar-refractivity contribution in [2.24, 2.45) is 5.92 Å². The zero-order valence-corrected chi connectivity index (χ0v) is 14.1. The van der Waals surface area contributed by atoms with Crippen molar-refractivity contribution < 1.29 is 0 Å². The van der Waals surface area contributed by atoms with Gasteiger partial charge in [0.2, 0.25) is 0 Å². The van der Waals surface area contributed by atoms with Gasteiger partial charge >= 0.3 is 0 Å². The smallest absolute Gasteiger partial charge is 0.0438 e. The van der Waals surface area contributed by atoms with E-state index in [-0.39, 0.29) is 12.4 Å². The molecule has 0 saturated carbocycles. The Morgan fingerprint density at radius 1 is 1.30 bits per heavy atom. The fraction of sp³-hybridized carbons (Fsp3) is 0.625. The molecule has 1 aliphatic rings. The first-order chi connectivity index (χ1) is 9.19. The highest BCUT2D eigenvalue weighted by atomic mass is 35.5. The van der Waals surface area contributed by atoms with Crippen molar-refractivity contribution >= 4 is 24.0 Å². The maximum absolute atomic E-state index is 6.19. The van der Waals surface area contributed by atoms with Gasteiger partial charge in [-0.25, -0.2) is 0 Å². The summed E-state index contributed by atoms with van der Waals surface area (Å²) in [5.74, 6) is 0.908. The molecule has 0 radical (unpaired) electrons. The minimum absolute atomic E-state index is 0. The lowest BCUT2D eigenvalue weighted by atomic mass is 9.93. The number of hydrogen-bond acceptors (Lipinski definition) is 2. The molecule has 4 heteroatoms. The van der Waals surface area contributed by atoms with Gasteiger partial charge in [0.25, 0.3) is 0 Å². The van der Waals surface area contributed by atoms with E-state index in [1.807, 2.05) is 7.05 Å². The predicted molar refractivity (Wildman–Crippen MR) is 90.0 cm³/mol. The Kier molecular flexibility index (Phi) is 7.90. The van der Waals surface area contributed by atoms with Gasteiger partial charge in [0.05, 0.1) is 0 Å². The van der Waals surface area contributed by atoms with Crippen LogP contribution < -0.4 is 5.32 Å². The van der Waals surface area contributed by atoms with Crippen LogP contribution in [-0.4, -0.2) is 31.6 Å². The van der Waals surface area contributed by atoms with Gasteiger partial charge in [0, 0.05) is 11.6 Å². The molecule has 0 unspecified atom stereocenters. The highest BCUT2D eigenvalue weighted by Gasteiger charge is 2.18. The van der Waals surface area contributed by atoms with Crippen LogP contribution in [0.2, 0.25) is 5.02 Å². The molecule has 0 atom stereocenters. The molecule has 1 aromatic carbocycles. The van der Waals surface area contributed by atoms with Crippen molar-refractivity contribution in [1.29, 1.82) is 0 Å². The zero-order valence-electron chi connectivity index (χ0n) is 12.5. The van der Waals surface area contributed by atoms with E-state index in [0.717, 1.165) is 29.6 Å². The van der Waals surface area contributed by atoms with Gasteiger partial charge in [-0.2, -0.15) is 0 Å². The molecule has 2 rings (SSSR count). The van der Waals surface area contributed by atoms with Crippen LogP contribution in [-0.2, 0) is 6.54 Å². The summed E-state index contributed by atoms with van der Waals surface area (Å²) in [6.07, 6.45) is 3.99. The first kappa shape index (κ1) is 17.8. The third-order valence-corrected chi connectivity index (χ3v) is 4.56. The molecule has 0 aliphatic carbocycles. The van der Waals surface area contributed by atoms with Crippen LogP contribution in [0.1, 0.15) is 30.4 Å². The highest BCUT2D eigenvalue weighted by molar-refractivity contribution is 6.31. The monoisotopic (exact) mass is 316 g/mol. The molecule has 1 saturated heterocycles. The van der Waals surface area contributed by atoms with Crippen molar-refractivity contribution in [2.45, 2.75) is 32.7 Å².